The molecule has 8 heteroatoms. The van der Waals surface area contributed by atoms with Crippen LogP contribution in [0.2, 0.25) is 0 Å². The highest BCUT2D eigenvalue weighted by Gasteiger charge is 2.19. The molecule has 3 aromatic carbocycles. The molecule has 0 unspecified atom stereocenters. The zero-order valence-corrected chi connectivity index (χ0v) is 20.1. The second-order valence-electron chi connectivity index (χ2n) is 8.77. The number of carbonyl (C=O) groups excluding carboxylic acids is 1. The highest BCUT2D eigenvalue weighted by Crippen LogP contribution is 2.34. The third-order valence-electron chi connectivity index (χ3n) is 6.42. The minimum atomic E-state index is 0.00308. The molecule has 1 amide bonds. The van der Waals surface area contributed by atoms with E-state index in [1.54, 1.807) is 17.1 Å². The number of ether oxygens (including phenoxy) is 2. The van der Waals surface area contributed by atoms with E-state index in [-0.39, 0.29) is 5.91 Å². The summed E-state index contributed by atoms with van der Waals surface area (Å²) in [7, 11) is 0. The second-order valence-corrected chi connectivity index (χ2v) is 8.77. The summed E-state index contributed by atoms with van der Waals surface area (Å²) in [6.45, 7) is 2.35. The van der Waals surface area contributed by atoms with Gasteiger partial charge in [0.1, 0.15) is 11.5 Å². The largest absolute Gasteiger partial charge is 0.457 e. The Morgan fingerprint density at radius 2 is 1.57 bits per heavy atom. The first-order valence-corrected chi connectivity index (χ1v) is 12.1. The Bertz CT molecular complexity index is 1540. The fourth-order valence-electron chi connectivity index (χ4n) is 4.53. The Morgan fingerprint density at radius 3 is 2.30 bits per heavy atom. The number of fused-ring (bicyclic) bond motifs is 1. The first-order chi connectivity index (χ1) is 18.2. The van der Waals surface area contributed by atoms with Crippen molar-refractivity contribution in [2.75, 3.05) is 32.0 Å². The van der Waals surface area contributed by atoms with Crippen LogP contribution in [0.3, 0.4) is 0 Å². The van der Waals surface area contributed by atoms with E-state index in [9.17, 15) is 4.79 Å². The van der Waals surface area contributed by atoms with Crippen LogP contribution in [0.4, 0.5) is 5.82 Å². The van der Waals surface area contributed by atoms with Crippen LogP contribution in [-0.2, 0) is 4.74 Å². The summed E-state index contributed by atoms with van der Waals surface area (Å²) in [5, 5.41) is 5.42. The lowest BCUT2D eigenvalue weighted by molar-refractivity contribution is 0.0303. The number of nitrogens with zero attached hydrogens (tertiary/aromatic N) is 4. The number of nitrogen functional groups attached to an aromatic ring is 1. The zero-order valence-electron chi connectivity index (χ0n) is 20.1. The molecule has 2 aromatic heterocycles. The van der Waals surface area contributed by atoms with Crippen LogP contribution >= 0.6 is 0 Å². The first kappa shape index (κ1) is 22.8. The van der Waals surface area contributed by atoms with Gasteiger partial charge in [-0.25, -0.2) is 4.68 Å². The summed E-state index contributed by atoms with van der Waals surface area (Å²) in [4.78, 5) is 19.1. The lowest BCUT2D eigenvalue weighted by Gasteiger charge is -2.26. The number of benzene rings is 3. The maximum absolute atomic E-state index is 12.8. The van der Waals surface area contributed by atoms with Gasteiger partial charge in [-0.3, -0.25) is 9.78 Å². The van der Waals surface area contributed by atoms with E-state index in [2.05, 4.69) is 10.1 Å². The fourth-order valence-corrected chi connectivity index (χ4v) is 4.53. The van der Waals surface area contributed by atoms with Crippen LogP contribution in [0.15, 0.2) is 91.3 Å². The lowest BCUT2D eigenvalue weighted by Crippen LogP contribution is -2.40. The van der Waals surface area contributed by atoms with Crippen molar-refractivity contribution < 1.29 is 14.3 Å². The van der Waals surface area contributed by atoms with Crippen LogP contribution in [0, 0.1) is 0 Å². The summed E-state index contributed by atoms with van der Waals surface area (Å²) >= 11 is 0. The van der Waals surface area contributed by atoms with E-state index in [4.69, 9.17) is 15.2 Å². The molecular weight excluding hydrogens is 466 g/mol. The van der Waals surface area contributed by atoms with Crippen molar-refractivity contribution in [2.45, 2.75) is 0 Å². The fraction of sp³-hybridized carbons (Fsp3) is 0.138. The van der Waals surface area contributed by atoms with Gasteiger partial charge in [-0.15, -0.1) is 5.10 Å². The van der Waals surface area contributed by atoms with Crippen LogP contribution in [0.5, 0.6) is 11.5 Å². The van der Waals surface area contributed by atoms with E-state index >= 15 is 0 Å². The van der Waals surface area contributed by atoms with Crippen molar-refractivity contribution in [3.8, 4) is 28.3 Å². The van der Waals surface area contributed by atoms with Gasteiger partial charge in [0.25, 0.3) is 5.91 Å². The maximum atomic E-state index is 12.8. The normalized spacial score (nSPS) is 13.6. The molecule has 0 bridgehead atoms. The summed E-state index contributed by atoms with van der Waals surface area (Å²) in [6.07, 6.45) is 3.55. The number of rotatable bonds is 5. The molecule has 1 saturated heterocycles. The van der Waals surface area contributed by atoms with Gasteiger partial charge in [-0.2, -0.15) is 0 Å². The number of hydrogen-bond donors (Lipinski definition) is 1. The van der Waals surface area contributed by atoms with Gasteiger partial charge in [0.2, 0.25) is 0 Å². The smallest absolute Gasteiger partial charge is 0.254 e. The van der Waals surface area contributed by atoms with Gasteiger partial charge in [-0.1, -0.05) is 30.3 Å². The lowest BCUT2D eigenvalue weighted by atomic mass is 10.0. The minimum absolute atomic E-state index is 0.00308. The molecular formula is C29H25N5O3. The molecule has 2 N–H and O–H groups in total. The van der Waals surface area contributed by atoms with E-state index in [1.807, 2.05) is 83.8 Å². The van der Waals surface area contributed by atoms with Crippen molar-refractivity contribution in [1.29, 1.82) is 0 Å². The molecule has 37 heavy (non-hydrogen) atoms. The van der Waals surface area contributed by atoms with E-state index in [0.29, 0.717) is 37.7 Å². The molecule has 8 nitrogen and oxygen atoms in total. The molecule has 0 atom stereocenters. The Labute approximate surface area is 213 Å². The molecule has 0 saturated carbocycles. The van der Waals surface area contributed by atoms with Gasteiger partial charge >= 0.3 is 0 Å². The number of aromatic nitrogens is 3. The topological polar surface area (TPSA) is 95.5 Å². The van der Waals surface area contributed by atoms with Gasteiger partial charge < -0.3 is 20.1 Å². The number of nitrogens with two attached hydrogens (primary N) is 1. The maximum Gasteiger partial charge on any atom is 0.254 e. The van der Waals surface area contributed by atoms with Crippen molar-refractivity contribution in [3.05, 3.63) is 96.8 Å². The van der Waals surface area contributed by atoms with Crippen molar-refractivity contribution in [3.63, 3.8) is 0 Å². The van der Waals surface area contributed by atoms with Crippen molar-refractivity contribution in [2.24, 2.45) is 0 Å². The molecule has 6 rings (SSSR count). The van der Waals surface area contributed by atoms with Crippen LogP contribution in [0.25, 0.3) is 27.7 Å². The summed E-state index contributed by atoms with van der Waals surface area (Å²) in [5.41, 5.74) is 10.5. The number of para-hydroxylation sites is 1. The summed E-state index contributed by atoms with van der Waals surface area (Å²) in [5.74, 6) is 1.93. The van der Waals surface area contributed by atoms with Gasteiger partial charge in [-0.05, 0) is 54.1 Å². The molecule has 0 radical (unpaired) electrons. The zero-order chi connectivity index (χ0) is 25.2. The number of carbonyl (C=O) groups is 1. The number of morpholine rings is 1. The highest BCUT2D eigenvalue weighted by atomic mass is 16.5. The Morgan fingerprint density at radius 1 is 0.865 bits per heavy atom. The third-order valence-corrected chi connectivity index (χ3v) is 6.42. The Hall–Kier alpha value is -4.69. The summed E-state index contributed by atoms with van der Waals surface area (Å²) < 4.78 is 13.0. The monoisotopic (exact) mass is 491 g/mol. The van der Waals surface area contributed by atoms with E-state index < -0.39 is 0 Å². The predicted molar refractivity (Wildman–Crippen MR) is 142 cm³/mol. The molecule has 1 aliphatic rings. The van der Waals surface area contributed by atoms with Crippen molar-refractivity contribution in [1.82, 2.24) is 19.7 Å². The SMILES string of the molecule is Nc1nn(-c2ccc(C(=O)N3CCOCC3)cc2)c2cncc(-c3ccc(Oc4ccccc4)cc3)c12. The molecule has 0 spiro atoms. The van der Waals surface area contributed by atoms with Crippen LogP contribution in [-0.4, -0.2) is 51.9 Å². The van der Waals surface area contributed by atoms with Gasteiger partial charge in [0, 0.05) is 30.4 Å². The average molecular weight is 492 g/mol. The molecule has 1 aliphatic heterocycles. The number of hydrogen-bond acceptors (Lipinski definition) is 6. The van der Waals surface area contributed by atoms with Crippen LogP contribution in [0.1, 0.15) is 10.4 Å². The first-order valence-electron chi connectivity index (χ1n) is 12.1. The van der Waals surface area contributed by atoms with Gasteiger partial charge in [0.15, 0.2) is 5.82 Å². The van der Waals surface area contributed by atoms with Crippen molar-refractivity contribution >= 4 is 22.6 Å². The van der Waals surface area contributed by atoms with Gasteiger partial charge in [0.05, 0.1) is 36.0 Å². The quantitative estimate of drug-likeness (QED) is 0.374. The predicted octanol–water partition coefficient (Wildman–Crippen LogP) is 4.93. The molecule has 0 aliphatic carbocycles. The Balaban J connectivity index is 1.29. The standard InChI is InChI=1S/C29H25N5O3/c30-28-27-25(20-8-12-24(13-9-20)37-23-4-2-1-3-5-23)18-31-19-26(27)34(32-28)22-10-6-21(7-11-22)29(35)33-14-16-36-17-15-33/h1-13,18-19H,14-17H2,(H2,30,32). The molecule has 5 aromatic rings. The highest BCUT2D eigenvalue weighted by molar-refractivity contribution is 6.02. The minimum Gasteiger partial charge on any atom is -0.457 e. The van der Waals surface area contributed by atoms with Crippen LogP contribution < -0.4 is 10.5 Å². The third kappa shape index (κ3) is 4.50. The average Bonchev–Trinajstić information content (AvgIpc) is 3.31. The van der Waals surface area contributed by atoms with E-state index in [1.165, 1.54) is 0 Å². The molecule has 184 valence electrons. The molecule has 3 heterocycles. The number of pyridine rings is 1. The van der Waals surface area contributed by atoms with E-state index in [0.717, 1.165) is 39.2 Å². The Kier molecular flexibility index (Phi) is 6.00. The number of amides is 1. The second kappa shape index (κ2) is 9.75. The summed E-state index contributed by atoms with van der Waals surface area (Å²) in [6, 6.07) is 24.9. The number of anilines is 1. The molecule has 1 fully saturated rings.